The van der Waals surface area contributed by atoms with Gasteiger partial charge in [0.15, 0.2) is 0 Å². The van der Waals surface area contributed by atoms with Gasteiger partial charge in [0.1, 0.15) is 23.7 Å². The van der Waals surface area contributed by atoms with Gasteiger partial charge >= 0.3 is 0 Å². The molecule has 0 heterocycles. The Hall–Kier alpha value is -1.52. The van der Waals surface area contributed by atoms with Crippen molar-refractivity contribution in [1.82, 2.24) is 0 Å². The van der Waals surface area contributed by atoms with Crippen LogP contribution < -0.4 is 0 Å². The topological polar surface area (TPSA) is 46.5 Å². The van der Waals surface area contributed by atoms with E-state index in [1.54, 1.807) is 31.4 Å². The summed E-state index contributed by atoms with van der Waals surface area (Å²) in [6, 6.07) is 13.3. The van der Waals surface area contributed by atoms with E-state index in [0.29, 0.717) is 37.4 Å². The standard InChI is InChI=1S/C8H8BrFO.C7H6BrFO.C7H4BrFO/c1-11-5-6-2-3-8(10)7(9)4-6;2*8-6-3-5(4-10)1-2-7(6)9/h2-4H,5H2,1H3;1-3,10H,4H2;1-4H. The third-order valence-electron chi connectivity index (χ3n) is 3.54. The molecular formula is C22H18Br3F3O3. The Morgan fingerprint density at radius 1 is 0.806 bits per heavy atom. The maximum absolute atomic E-state index is 12.7. The zero-order valence-corrected chi connectivity index (χ0v) is 21.0. The number of rotatable bonds is 4. The molecule has 0 aliphatic heterocycles. The summed E-state index contributed by atoms with van der Waals surface area (Å²) in [7, 11) is 1.61. The molecule has 9 heteroatoms. The van der Waals surface area contributed by atoms with Crippen LogP contribution in [0.15, 0.2) is 68.0 Å². The Labute approximate surface area is 203 Å². The fourth-order valence-electron chi connectivity index (χ4n) is 2.02. The molecule has 3 rings (SSSR count). The summed E-state index contributed by atoms with van der Waals surface area (Å²) in [5, 5.41) is 8.61. The molecule has 0 aliphatic rings. The number of aliphatic hydroxyl groups is 1. The number of aldehydes is 1. The van der Waals surface area contributed by atoms with Crippen LogP contribution in [0.4, 0.5) is 13.2 Å². The molecule has 31 heavy (non-hydrogen) atoms. The molecule has 0 amide bonds. The van der Waals surface area contributed by atoms with Gasteiger partial charge in [-0.05, 0) is 101 Å². The number of carbonyl (C=O) groups is 1. The van der Waals surface area contributed by atoms with E-state index in [-0.39, 0.29) is 24.1 Å². The van der Waals surface area contributed by atoms with Gasteiger partial charge in [-0.15, -0.1) is 0 Å². The van der Waals surface area contributed by atoms with E-state index >= 15 is 0 Å². The van der Waals surface area contributed by atoms with Crippen LogP contribution in [-0.4, -0.2) is 18.5 Å². The predicted octanol–water partition coefficient (Wildman–Crippen LogP) is 7.22. The smallest absolute Gasteiger partial charge is 0.150 e. The third kappa shape index (κ3) is 10.1. The first-order chi connectivity index (χ1) is 14.7. The first-order valence-electron chi connectivity index (χ1n) is 8.59. The molecule has 0 aliphatic carbocycles. The van der Waals surface area contributed by atoms with E-state index < -0.39 is 0 Å². The molecular weight excluding hydrogens is 609 g/mol. The first kappa shape index (κ1) is 27.5. The molecule has 0 unspecified atom stereocenters. The highest BCUT2D eigenvalue weighted by Crippen LogP contribution is 2.18. The van der Waals surface area contributed by atoms with E-state index in [1.165, 1.54) is 30.3 Å². The summed E-state index contributed by atoms with van der Waals surface area (Å²) in [5.74, 6) is -0.910. The largest absolute Gasteiger partial charge is 0.392 e. The van der Waals surface area contributed by atoms with Crippen LogP contribution in [-0.2, 0) is 18.0 Å². The number of hydrogen-bond donors (Lipinski definition) is 1. The van der Waals surface area contributed by atoms with Gasteiger partial charge in [0.2, 0.25) is 0 Å². The second-order valence-corrected chi connectivity index (χ2v) is 8.44. The normalized spacial score (nSPS) is 9.81. The van der Waals surface area contributed by atoms with E-state index in [0.717, 1.165) is 5.56 Å². The summed E-state index contributed by atoms with van der Waals surface area (Å²) in [6.45, 7) is 0.456. The molecule has 1 N–H and O–H groups in total. The number of benzene rings is 3. The summed E-state index contributed by atoms with van der Waals surface area (Å²) in [6.07, 6.45) is 0.671. The molecule has 0 radical (unpaired) electrons. The summed E-state index contributed by atoms with van der Waals surface area (Å²) < 4.78 is 43.7. The fourth-order valence-corrected chi connectivity index (χ4v) is 3.27. The minimum absolute atomic E-state index is 0.0567. The van der Waals surface area contributed by atoms with Gasteiger partial charge in [0.05, 0.1) is 26.6 Å². The highest BCUT2D eigenvalue weighted by atomic mass is 79.9. The number of methoxy groups -OCH3 is 1. The third-order valence-corrected chi connectivity index (χ3v) is 5.36. The molecule has 0 saturated heterocycles. The van der Waals surface area contributed by atoms with Crippen molar-refractivity contribution in [2.45, 2.75) is 13.2 Å². The second-order valence-electron chi connectivity index (χ2n) is 5.88. The van der Waals surface area contributed by atoms with Crippen LogP contribution in [0.3, 0.4) is 0 Å². The van der Waals surface area contributed by atoms with Crippen molar-refractivity contribution in [2.75, 3.05) is 7.11 Å². The van der Waals surface area contributed by atoms with Gasteiger partial charge in [0.25, 0.3) is 0 Å². The van der Waals surface area contributed by atoms with Gasteiger partial charge < -0.3 is 9.84 Å². The quantitative estimate of drug-likeness (QED) is 0.311. The van der Waals surface area contributed by atoms with E-state index in [4.69, 9.17) is 9.84 Å². The average molecular weight is 627 g/mol. The maximum atomic E-state index is 12.7. The molecule has 0 bridgehead atoms. The van der Waals surface area contributed by atoms with Crippen LogP contribution in [0.2, 0.25) is 0 Å². The highest BCUT2D eigenvalue weighted by molar-refractivity contribution is 9.11. The van der Waals surface area contributed by atoms with Gasteiger partial charge in [-0.1, -0.05) is 12.1 Å². The van der Waals surface area contributed by atoms with Crippen molar-refractivity contribution in [3.63, 3.8) is 0 Å². The SMILES string of the molecule is COCc1ccc(F)c(Br)c1.O=Cc1ccc(F)c(Br)c1.OCc1ccc(F)c(Br)c1. The maximum Gasteiger partial charge on any atom is 0.150 e. The summed E-state index contributed by atoms with van der Waals surface area (Å²) >= 11 is 9.04. The summed E-state index contributed by atoms with van der Waals surface area (Å²) in [4.78, 5) is 10.1. The van der Waals surface area contributed by atoms with E-state index in [1.807, 2.05) is 0 Å². The lowest BCUT2D eigenvalue weighted by Gasteiger charge is -1.99. The molecule has 166 valence electrons. The molecule has 0 saturated carbocycles. The molecule has 3 nitrogen and oxygen atoms in total. The van der Waals surface area contributed by atoms with Crippen LogP contribution in [0.1, 0.15) is 21.5 Å². The average Bonchev–Trinajstić information content (AvgIpc) is 2.76. The van der Waals surface area contributed by atoms with Crippen molar-refractivity contribution in [3.8, 4) is 0 Å². The second kappa shape index (κ2) is 14.5. The number of ether oxygens (including phenoxy) is 1. The summed E-state index contributed by atoms with van der Waals surface area (Å²) in [5.41, 5.74) is 2.13. The monoisotopic (exact) mass is 624 g/mol. The van der Waals surface area contributed by atoms with Crippen molar-refractivity contribution >= 4 is 54.1 Å². The fraction of sp³-hybridized carbons (Fsp3) is 0.136. The molecule has 0 spiro atoms. The van der Waals surface area contributed by atoms with Crippen LogP contribution in [0.25, 0.3) is 0 Å². The zero-order chi connectivity index (χ0) is 23.4. The molecule has 0 aromatic heterocycles. The van der Waals surface area contributed by atoms with Crippen LogP contribution >= 0.6 is 47.8 Å². The van der Waals surface area contributed by atoms with E-state index in [2.05, 4.69) is 47.8 Å². The zero-order valence-electron chi connectivity index (χ0n) is 16.2. The number of aliphatic hydroxyl groups excluding tert-OH is 1. The minimum atomic E-state index is -0.356. The van der Waals surface area contributed by atoms with Crippen molar-refractivity contribution in [2.24, 2.45) is 0 Å². The number of hydrogen-bond acceptors (Lipinski definition) is 3. The van der Waals surface area contributed by atoms with Crippen molar-refractivity contribution < 1.29 is 27.8 Å². The Kier molecular flexibility index (Phi) is 12.9. The van der Waals surface area contributed by atoms with Gasteiger partial charge in [-0.3, -0.25) is 4.79 Å². The lowest BCUT2D eigenvalue weighted by Crippen LogP contribution is -1.88. The van der Waals surface area contributed by atoms with Crippen LogP contribution in [0, 0.1) is 17.5 Å². The lowest BCUT2D eigenvalue weighted by atomic mass is 10.2. The Morgan fingerprint density at radius 3 is 1.68 bits per heavy atom. The Bertz CT molecular complexity index is 1000. The minimum Gasteiger partial charge on any atom is -0.392 e. The van der Waals surface area contributed by atoms with E-state index in [9.17, 15) is 18.0 Å². The van der Waals surface area contributed by atoms with Crippen molar-refractivity contribution in [1.29, 1.82) is 0 Å². The molecule has 0 fully saturated rings. The number of halogens is 6. The Balaban J connectivity index is 0.000000233. The van der Waals surface area contributed by atoms with Crippen LogP contribution in [0.5, 0.6) is 0 Å². The number of carbonyl (C=O) groups excluding carboxylic acids is 1. The van der Waals surface area contributed by atoms with Gasteiger partial charge in [-0.2, -0.15) is 0 Å². The highest BCUT2D eigenvalue weighted by Gasteiger charge is 1.99. The van der Waals surface area contributed by atoms with Gasteiger partial charge in [0, 0.05) is 12.7 Å². The lowest BCUT2D eigenvalue weighted by molar-refractivity contribution is 0.112. The van der Waals surface area contributed by atoms with Crippen molar-refractivity contribution in [3.05, 3.63) is 102 Å². The van der Waals surface area contributed by atoms with Gasteiger partial charge in [-0.25, -0.2) is 13.2 Å². The molecule has 0 atom stereocenters. The first-order valence-corrected chi connectivity index (χ1v) is 11.0. The molecule has 3 aromatic carbocycles. The predicted molar refractivity (Wildman–Crippen MR) is 124 cm³/mol. The molecule has 3 aromatic rings. The Morgan fingerprint density at radius 2 is 1.26 bits per heavy atom.